The van der Waals surface area contributed by atoms with E-state index < -0.39 is 35.7 Å². The molecule has 1 amide bonds. The van der Waals surface area contributed by atoms with E-state index >= 15 is 0 Å². The zero-order valence-electron chi connectivity index (χ0n) is 28.0. The maximum absolute atomic E-state index is 13.3. The number of aliphatic hydroxyl groups excluding tert-OH is 1. The molecule has 2 saturated carbocycles. The fraction of sp³-hybridized carbons (Fsp3) is 0.806. The van der Waals surface area contributed by atoms with Gasteiger partial charge in [0.2, 0.25) is 0 Å². The first-order valence-corrected chi connectivity index (χ1v) is 19.6. The van der Waals surface area contributed by atoms with Gasteiger partial charge >= 0.3 is 18.2 Å². The number of hydrogen-bond donors (Lipinski definition) is 1. The lowest BCUT2D eigenvalue weighted by Gasteiger charge is -2.53. The third-order valence-corrected chi connectivity index (χ3v) is 14.1. The first-order chi connectivity index (χ1) is 22.8. The molecule has 0 spiro atoms. The Morgan fingerprint density at radius 3 is 2.42 bits per heavy atom. The third kappa shape index (κ3) is 7.46. The molecule has 1 aromatic rings. The first kappa shape index (κ1) is 36.0. The molecule has 6 nitrogen and oxygen atoms in total. The van der Waals surface area contributed by atoms with Gasteiger partial charge in [-0.1, -0.05) is 13.0 Å². The molecule has 3 aliphatic carbocycles. The van der Waals surface area contributed by atoms with Crippen LogP contribution < -0.4 is 4.74 Å². The van der Waals surface area contributed by atoms with Crippen LogP contribution >= 0.6 is 0 Å². The average Bonchev–Trinajstić information content (AvgIpc) is 3.68. The van der Waals surface area contributed by atoms with E-state index in [1.807, 2.05) is 17.0 Å². The molecule has 0 radical (unpaired) electrons. The molecule has 2 heterocycles. The second-order valence-electron chi connectivity index (χ2n) is 15.4. The van der Waals surface area contributed by atoms with Crippen molar-refractivity contribution >= 4 is 16.9 Å². The van der Waals surface area contributed by atoms with Crippen LogP contribution in [0, 0.1) is 23.2 Å². The molecule has 1 aromatic carbocycles. The van der Waals surface area contributed by atoms with Gasteiger partial charge in [0.05, 0.1) is 6.10 Å². The van der Waals surface area contributed by atoms with Crippen molar-refractivity contribution in [3.8, 4) is 5.75 Å². The minimum atomic E-state index is -5.59. The number of piperidine rings is 1. The van der Waals surface area contributed by atoms with E-state index in [4.69, 9.17) is 4.74 Å². The molecule has 0 aromatic heterocycles. The summed E-state index contributed by atoms with van der Waals surface area (Å²) in [6, 6.07) is 6.57. The maximum atomic E-state index is 13.3. The summed E-state index contributed by atoms with van der Waals surface area (Å²) >= 11 is 0. The molecule has 270 valence electrons. The monoisotopic (exact) mass is 702 g/mol. The van der Waals surface area contributed by atoms with Crippen LogP contribution in [0.2, 0.25) is 0 Å². The molecule has 1 unspecified atom stereocenters. The number of carbonyl (C=O) groups is 1. The molecule has 4 fully saturated rings. The van der Waals surface area contributed by atoms with E-state index in [1.54, 1.807) is 0 Å². The van der Waals surface area contributed by atoms with Crippen molar-refractivity contribution in [2.75, 3.05) is 37.7 Å². The average molecular weight is 703 g/mol. The van der Waals surface area contributed by atoms with E-state index in [1.165, 1.54) is 18.4 Å². The number of benzene rings is 1. The highest BCUT2D eigenvalue weighted by Gasteiger charge is 2.57. The van der Waals surface area contributed by atoms with Gasteiger partial charge in [-0.2, -0.15) is 22.0 Å². The molecule has 6 rings (SSSR count). The Bertz CT molecular complexity index is 1320. The van der Waals surface area contributed by atoms with Crippen LogP contribution in [-0.2, 0) is 17.2 Å². The fourth-order valence-electron chi connectivity index (χ4n) is 9.98. The van der Waals surface area contributed by atoms with Gasteiger partial charge in [-0.3, -0.25) is 4.21 Å². The standard InChI is InChI=1S/C36H51F5N2O4S/c1-34-15-11-29-28-8-7-27(47-33(45)43-18-12-26(13-19-43)42-16-2-3-17-42)23-25(28)22-24(32(29)30(34)9-10-31(34)44)6-4-20-48(46)21-5-14-35(37,38)36(39,40)41/h7-8,23-24,26,29-32,44H,2-6,9-22H2,1H3/t24-,29-,30+,31+,32-,34+,48?/m1/s1. The van der Waals surface area contributed by atoms with Crippen LogP contribution in [0.3, 0.4) is 0 Å². The van der Waals surface area contributed by atoms with Gasteiger partial charge in [0.25, 0.3) is 0 Å². The lowest BCUT2D eigenvalue weighted by molar-refractivity contribution is -0.284. The molecule has 48 heavy (non-hydrogen) atoms. The zero-order chi connectivity index (χ0) is 34.3. The van der Waals surface area contributed by atoms with Crippen LogP contribution in [0.25, 0.3) is 0 Å². The van der Waals surface area contributed by atoms with Gasteiger partial charge in [-0.05, 0) is 142 Å². The Kier molecular flexibility index (Phi) is 10.8. The Hall–Kier alpha value is -1.79. The Morgan fingerprint density at radius 1 is 1.00 bits per heavy atom. The second kappa shape index (κ2) is 14.4. The number of hydrogen-bond acceptors (Lipinski definition) is 5. The smallest absolute Gasteiger partial charge is 0.410 e. The molecular formula is C36H51F5N2O4S. The predicted octanol–water partition coefficient (Wildman–Crippen LogP) is 7.70. The lowest BCUT2D eigenvalue weighted by atomic mass is 9.52. The van der Waals surface area contributed by atoms with Gasteiger partial charge in [0.15, 0.2) is 0 Å². The molecule has 0 bridgehead atoms. The van der Waals surface area contributed by atoms with Crippen LogP contribution in [0.15, 0.2) is 18.2 Å². The first-order valence-electron chi connectivity index (χ1n) is 18.1. The van der Waals surface area contributed by atoms with E-state index in [9.17, 15) is 36.1 Å². The van der Waals surface area contributed by atoms with Crippen molar-refractivity contribution < 1.29 is 40.8 Å². The normalized spacial score (nSPS) is 32.1. The van der Waals surface area contributed by atoms with E-state index in [0.717, 1.165) is 70.0 Å². The number of nitrogens with zero attached hydrogens (tertiary/aromatic N) is 2. The van der Waals surface area contributed by atoms with Crippen molar-refractivity contribution in [2.45, 2.75) is 121 Å². The minimum Gasteiger partial charge on any atom is -0.410 e. The summed E-state index contributed by atoms with van der Waals surface area (Å²) in [4.78, 5) is 17.5. The number of ether oxygens (including phenoxy) is 1. The Labute approximate surface area is 283 Å². The SMILES string of the molecule is C[C@]12CC[C@@H]3c4ccc(OC(=O)N5CCC(N6CCCC6)CC5)cc4C[C@@H](CCCS(=O)CCCC(F)(F)C(F)(F)F)[C@H]3[C@@H]1CC[C@@H]2O. The largest absolute Gasteiger partial charge is 0.453 e. The van der Waals surface area contributed by atoms with Crippen molar-refractivity contribution in [1.82, 2.24) is 9.80 Å². The number of fused-ring (bicyclic) bond motifs is 5. The number of halogens is 5. The number of amides is 1. The van der Waals surface area contributed by atoms with Gasteiger partial charge in [-0.25, -0.2) is 4.79 Å². The summed E-state index contributed by atoms with van der Waals surface area (Å²) in [5, 5.41) is 11.0. The van der Waals surface area contributed by atoms with Crippen LogP contribution in [-0.4, -0.2) is 87.1 Å². The molecule has 2 saturated heterocycles. The zero-order valence-corrected chi connectivity index (χ0v) is 28.8. The molecule has 12 heteroatoms. The number of carbonyl (C=O) groups excluding carboxylic acids is 1. The summed E-state index contributed by atoms with van der Waals surface area (Å²) in [6.45, 7) is 5.89. The summed E-state index contributed by atoms with van der Waals surface area (Å²) in [5.41, 5.74) is 2.28. The van der Waals surface area contributed by atoms with Crippen LogP contribution in [0.5, 0.6) is 5.75 Å². The van der Waals surface area contributed by atoms with E-state index in [0.29, 0.717) is 49.1 Å². The summed E-state index contributed by atoms with van der Waals surface area (Å²) in [5.74, 6) is -2.94. The highest BCUT2D eigenvalue weighted by atomic mass is 32.2. The summed E-state index contributed by atoms with van der Waals surface area (Å²) in [6.07, 6.45) is 2.10. The molecule has 7 atom stereocenters. The lowest BCUT2D eigenvalue weighted by Crippen LogP contribution is -2.47. The quantitative estimate of drug-likeness (QED) is 0.253. The maximum Gasteiger partial charge on any atom is 0.453 e. The van der Waals surface area contributed by atoms with Crippen molar-refractivity contribution in [3.05, 3.63) is 29.3 Å². The predicted molar refractivity (Wildman–Crippen MR) is 175 cm³/mol. The van der Waals surface area contributed by atoms with Crippen molar-refractivity contribution in [3.63, 3.8) is 0 Å². The van der Waals surface area contributed by atoms with Crippen molar-refractivity contribution in [1.29, 1.82) is 0 Å². The molecular weight excluding hydrogens is 651 g/mol. The molecule has 1 N–H and O–H groups in total. The highest BCUT2D eigenvalue weighted by molar-refractivity contribution is 7.84. The number of aliphatic hydroxyl groups is 1. The Morgan fingerprint density at radius 2 is 1.71 bits per heavy atom. The number of rotatable bonds is 10. The van der Waals surface area contributed by atoms with Gasteiger partial charge in [-0.15, -0.1) is 0 Å². The fourth-order valence-corrected chi connectivity index (χ4v) is 11.1. The highest BCUT2D eigenvalue weighted by Crippen LogP contribution is 2.62. The van der Waals surface area contributed by atoms with Crippen LogP contribution in [0.1, 0.15) is 101 Å². The molecule has 5 aliphatic rings. The summed E-state index contributed by atoms with van der Waals surface area (Å²) < 4.78 is 82.7. The molecule has 2 aliphatic heterocycles. The van der Waals surface area contributed by atoms with Gasteiger partial charge in [0, 0.05) is 47.9 Å². The van der Waals surface area contributed by atoms with E-state index in [-0.39, 0.29) is 35.0 Å². The van der Waals surface area contributed by atoms with E-state index in [2.05, 4.69) is 17.9 Å². The Balaban J connectivity index is 1.09. The minimum absolute atomic E-state index is 0.152. The summed E-state index contributed by atoms with van der Waals surface area (Å²) in [7, 11) is -1.48. The second-order valence-corrected chi connectivity index (χ2v) is 17.1. The van der Waals surface area contributed by atoms with Crippen LogP contribution in [0.4, 0.5) is 26.7 Å². The van der Waals surface area contributed by atoms with Crippen molar-refractivity contribution in [2.24, 2.45) is 23.2 Å². The topological polar surface area (TPSA) is 70.1 Å². The number of likely N-dealkylation sites (tertiary alicyclic amines) is 2. The van der Waals surface area contributed by atoms with Gasteiger partial charge < -0.3 is 19.6 Å². The number of alkyl halides is 5. The third-order valence-electron chi connectivity index (χ3n) is 12.6. The van der Waals surface area contributed by atoms with Gasteiger partial charge in [0.1, 0.15) is 5.75 Å².